The second-order valence-corrected chi connectivity index (χ2v) is 29.1. The van der Waals surface area contributed by atoms with Gasteiger partial charge in [-0.2, -0.15) is 13.2 Å². The van der Waals surface area contributed by atoms with Crippen molar-refractivity contribution >= 4 is 70.9 Å². The maximum Gasteiger partial charge on any atom is 0.419 e. The second-order valence-electron chi connectivity index (χ2n) is 29.1. The van der Waals surface area contributed by atoms with Gasteiger partial charge in [-0.15, -0.1) is 0 Å². The number of likely N-dealkylation sites (N-methyl/N-ethyl adjacent to an activating group) is 6. The number of halogens is 4. The quantitative estimate of drug-likeness (QED) is 0.201. The van der Waals surface area contributed by atoms with E-state index in [0.717, 1.165) is 59.3 Å². The van der Waals surface area contributed by atoms with Crippen molar-refractivity contribution in [2.45, 2.75) is 230 Å². The molecule has 0 radical (unpaired) electrons. The van der Waals surface area contributed by atoms with Crippen molar-refractivity contribution in [2.24, 2.45) is 23.7 Å². The van der Waals surface area contributed by atoms with Crippen LogP contribution < -0.4 is 21.3 Å². The van der Waals surface area contributed by atoms with E-state index in [-0.39, 0.29) is 81.2 Å². The molecule has 8 atom stereocenters. The summed E-state index contributed by atoms with van der Waals surface area (Å²) in [6.07, 6.45) is 2.74. The summed E-state index contributed by atoms with van der Waals surface area (Å²) >= 11 is 0. The van der Waals surface area contributed by atoms with Gasteiger partial charge in [-0.05, 0) is 118 Å². The number of carbonyl (C=O) groups is 12. The van der Waals surface area contributed by atoms with E-state index >= 15 is 18.8 Å². The zero-order valence-corrected chi connectivity index (χ0v) is 59.7. The maximum atomic E-state index is 15.4. The van der Waals surface area contributed by atoms with E-state index in [1.807, 2.05) is 34.6 Å². The van der Waals surface area contributed by atoms with Crippen molar-refractivity contribution in [1.82, 2.24) is 60.5 Å². The number of hydrogen-bond donors (Lipinski definition) is 4. The average Bonchev–Trinajstić information content (AvgIpc) is 1.66. The van der Waals surface area contributed by atoms with Crippen LogP contribution in [0.1, 0.15) is 181 Å². The molecule has 98 heavy (non-hydrogen) atoms. The normalized spacial score (nSPS) is 26.1. The van der Waals surface area contributed by atoms with Crippen molar-refractivity contribution in [2.75, 3.05) is 81.6 Å². The van der Waals surface area contributed by atoms with Gasteiger partial charge in [-0.25, -0.2) is 4.39 Å². The molecule has 4 N–H and O–H groups in total. The lowest BCUT2D eigenvalue weighted by Crippen LogP contribution is -2.64. The molecule has 1 aromatic rings. The van der Waals surface area contributed by atoms with Gasteiger partial charge in [-0.3, -0.25) is 57.5 Å². The Hall–Kier alpha value is -7.42. The van der Waals surface area contributed by atoms with Gasteiger partial charge in [0.1, 0.15) is 53.6 Å². The van der Waals surface area contributed by atoms with Crippen LogP contribution in [0.3, 0.4) is 0 Å². The number of hydrogen-bond acceptors (Lipinski definition) is 12. The smallest absolute Gasteiger partial charge is 0.343 e. The highest BCUT2D eigenvalue weighted by Gasteiger charge is 2.50. The van der Waals surface area contributed by atoms with E-state index in [4.69, 9.17) is 0 Å². The number of piperidine rings is 1. The van der Waals surface area contributed by atoms with Gasteiger partial charge in [0, 0.05) is 61.9 Å². The molecule has 0 bridgehead atoms. The molecule has 0 unspecified atom stereocenters. The lowest BCUT2D eigenvalue weighted by Gasteiger charge is -2.39. The molecule has 5 fully saturated rings. The van der Waals surface area contributed by atoms with Gasteiger partial charge in [0.05, 0.1) is 31.6 Å². The van der Waals surface area contributed by atoms with Crippen LogP contribution in [0.2, 0.25) is 0 Å². The van der Waals surface area contributed by atoms with Crippen LogP contribution in [0.5, 0.6) is 0 Å². The highest BCUT2D eigenvalue weighted by atomic mass is 19.4. The fourth-order valence-corrected chi connectivity index (χ4v) is 14.4. The van der Waals surface area contributed by atoms with Gasteiger partial charge in [0.15, 0.2) is 0 Å². The van der Waals surface area contributed by atoms with Crippen LogP contribution in [0, 0.1) is 29.5 Å². The molecule has 0 aromatic heterocycles. The van der Waals surface area contributed by atoms with Crippen LogP contribution in [0.15, 0.2) is 18.2 Å². The minimum absolute atomic E-state index is 0.00128. The van der Waals surface area contributed by atoms with Crippen LogP contribution in [-0.4, -0.2) is 239 Å². The molecule has 5 aliphatic rings. The van der Waals surface area contributed by atoms with Gasteiger partial charge >= 0.3 is 6.18 Å². The molecule has 28 heteroatoms. The number of nitrogens with zero attached hydrogens (tertiary/aromatic N) is 8. The highest BCUT2D eigenvalue weighted by molar-refractivity contribution is 6.00. The van der Waals surface area contributed by atoms with E-state index in [2.05, 4.69) is 21.3 Å². The molecular formula is C70H108F4N12O12. The Bertz CT molecular complexity index is 3020. The Kier molecular flexibility index (Phi) is 28.9. The minimum Gasteiger partial charge on any atom is -0.343 e. The van der Waals surface area contributed by atoms with Crippen LogP contribution in [0.25, 0.3) is 0 Å². The highest BCUT2D eigenvalue weighted by Crippen LogP contribution is 2.36. The lowest BCUT2D eigenvalue weighted by atomic mass is 9.84. The molecule has 3 saturated heterocycles. The Morgan fingerprint density at radius 2 is 1.17 bits per heavy atom. The topological polar surface area (TPSA) is 279 Å². The number of alkyl halides is 3. The van der Waals surface area contributed by atoms with Gasteiger partial charge in [0.25, 0.3) is 0 Å². The van der Waals surface area contributed by atoms with E-state index in [0.29, 0.717) is 63.7 Å². The Balaban J connectivity index is 1.41. The molecule has 12 amide bonds. The predicted octanol–water partition coefficient (Wildman–Crippen LogP) is 5.03. The van der Waals surface area contributed by atoms with Gasteiger partial charge < -0.3 is 60.5 Å². The Labute approximate surface area is 575 Å². The zero-order chi connectivity index (χ0) is 72.7. The molecular weight excluding hydrogens is 1280 g/mol. The first-order chi connectivity index (χ1) is 46.1. The summed E-state index contributed by atoms with van der Waals surface area (Å²) in [4.78, 5) is 187. The molecule has 1 spiro atoms. The van der Waals surface area contributed by atoms with E-state index in [9.17, 15) is 56.3 Å². The third-order valence-electron chi connectivity index (χ3n) is 20.6. The fourth-order valence-electron chi connectivity index (χ4n) is 14.4. The summed E-state index contributed by atoms with van der Waals surface area (Å²) in [6.45, 7) is 9.90. The molecule has 6 rings (SSSR count). The first-order valence-corrected chi connectivity index (χ1v) is 35.3. The minimum atomic E-state index is -5.00. The predicted molar refractivity (Wildman–Crippen MR) is 357 cm³/mol. The lowest BCUT2D eigenvalue weighted by molar-refractivity contribution is -0.150. The molecule has 3 heterocycles. The Morgan fingerprint density at radius 1 is 0.602 bits per heavy atom. The molecule has 548 valence electrons. The number of fused-ring (bicyclic) bond motifs is 1. The van der Waals surface area contributed by atoms with Crippen molar-refractivity contribution < 1.29 is 75.1 Å². The van der Waals surface area contributed by atoms with Crippen LogP contribution in [0.4, 0.5) is 17.6 Å². The molecule has 2 saturated carbocycles. The van der Waals surface area contributed by atoms with E-state index in [1.165, 1.54) is 61.9 Å². The number of rotatable bonds is 12. The largest absolute Gasteiger partial charge is 0.419 e. The van der Waals surface area contributed by atoms with Crippen LogP contribution in [-0.2, 0) is 70.1 Å². The summed E-state index contributed by atoms with van der Waals surface area (Å²) < 4.78 is 56.1. The summed E-state index contributed by atoms with van der Waals surface area (Å²) in [7, 11) is 8.34. The van der Waals surface area contributed by atoms with Gasteiger partial charge in [0.2, 0.25) is 70.9 Å². The summed E-state index contributed by atoms with van der Waals surface area (Å²) in [5.74, 6) is -10.7. The SMILES string of the molecule is CC[C@H](C)[C@@H]1NC(=O)[C@H](CC(C)C)N(C)C(=O)C[C@@H](C(=O)N2CCCCC2)NC(=O)[C@H](CC(C)C)N(C)C(=O)C2(CCCC2)NC(=O)[C@@H]2CCCN2C(=O)[C@H](CCc2ccc(C(F)(F)F)c(F)c2)NC(=O)CN(C)C(=O)[C@H](CC2CCCCC2)N(C)C(=O)CN(C)C(=O)CN(C)C1=O. The fraction of sp³-hybridized carbons (Fsp3) is 0.743. The maximum absolute atomic E-state index is 15.4. The standard InChI is InChI=1S/C70H108F4N12O12/c1-13-45(6)60-67(97)81(9)41-58(89)79(7)42-59(90)83(11)55(38-46-23-16-14-17-24-46)66(96)80(8)40-56(87)75-50(29-27-47-26-28-48(49(71)37-47)70(72,73)74)65(95)86-34-22-25-52(86)63(93)78-69(30-18-19-31-69)68(98)84(12)54(36-44(4)5)61(91)76-51(64(94)85-32-20-15-21-33-85)39-57(88)82(10)53(35-43(2)3)62(92)77-60/h26,28,37,43-46,50-55,60H,13-25,27,29-36,38-42H2,1-12H3,(H,75,87)(H,76,91)(H,77,92)(H,78,93)/t45-,50-,51-,52-,53-,54-,55-,60-/m0/s1. The number of aryl methyl sites for hydroxylation is 1. The molecule has 2 aliphatic carbocycles. The number of benzene rings is 1. The molecule has 3 aliphatic heterocycles. The average molecular weight is 1390 g/mol. The van der Waals surface area contributed by atoms with E-state index < -0.39 is 168 Å². The zero-order valence-electron chi connectivity index (χ0n) is 59.7. The number of amides is 12. The third-order valence-corrected chi connectivity index (χ3v) is 20.6. The van der Waals surface area contributed by atoms with Crippen molar-refractivity contribution in [3.63, 3.8) is 0 Å². The van der Waals surface area contributed by atoms with Crippen molar-refractivity contribution in [3.05, 3.63) is 35.1 Å². The monoisotopic (exact) mass is 1380 g/mol. The van der Waals surface area contributed by atoms with E-state index in [1.54, 1.807) is 11.8 Å². The third kappa shape index (κ3) is 20.8. The van der Waals surface area contributed by atoms with Crippen LogP contribution >= 0.6 is 0 Å². The second kappa shape index (κ2) is 35.6. The summed E-state index contributed by atoms with van der Waals surface area (Å²) in [5, 5.41) is 11.4. The van der Waals surface area contributed by atoms with Crippen molar-refractivity contribution in [3.8, 4) is 0 Å². The Morgan fingerprint density at radius 3 is 1.77 bits per heavy atom. The first-order valence-electron chi connectivity index (χ1n) is 35.3. The van der Waals surface area contributed by atoms with Crippen molar-refractivity contribution in [1.29, 1.82) is 0 Å². The molecule has 1 aromatic carbocycles. The number of nitrogens with one attached hydrogen (secondary N) is 4. The first kappa shape index (κ1) is 79.6. The number of carbonyl (C=O) groups excluding carboxylic acids is 12. The van der Waals surface area contributed by atoms with Gasteiger partial charge in [-0.1, -0.05) is 99.0 Å². The molecule has 24 nitrogen and oxygen atoms in total. The summed E-state index contributed by atoms with van der Waals surface area (Å²) in [5.41, 5.74) is -3.05. The summed E-state index contributed by atoms with van der Waals surface area (Å²) in [6, 6.07) is -6.71. The number of likely N-dealkylation sites (tertiary alicyclic amines) is 1.